The third kappa shape index (κ3) is 5.63. The number of hydrogen-bond acceptors (Lipinski definition) is 7. The van der Waals surface area contributed by atoms with Gasteiger partial charge in [0.05, 0.1) is 6.54 Å². The Bertz CT molecular complexity index is 965. The summed E-state index contributed by atoms with van der Waals surface area (Å²) in [6.07, 6.45) is -1.68. The van der Waals surface area contributed by atoms with Crippen molar-refractivity contribution in [2.75, 3.05) is 5.32 Å². The molecule has 0 aliphatic rings. The Hall–Kier alpha value is -2.73. The van der Waals surface area contributed by atoms with E-state index < -0.39 is 11.9 Å². The summed E-state index contributed by atoms with van der Waals surface area (Å²) in [6.45, 7) is 2.06. The predicted molar refractivity (Wildman–Crippen MR) is 99.7 cm³/mol. The highest BCUT2D eigenvalue weighted by Crippen LogP contribution is 2.32. The maximum atomic E-state index is 13.2. The van der Waals surface area contributed by atoms with Gasteiger partial charge in [0.2, 0.25) is 5.95 Å². The molecule has 3 aromatic rings. The van der Waals surface area contributed by atoms with Gasteiger partial charge < -0.3 is 15.1 Å². The van der Waals surface area contributed by atoms with Crippen molar-refractivity contribution < 1.29 is 17.6 Å². The first-order valence-electron chi connectivity index (χ1n) is 7.81. The van der Waals surface area contributed by atoms with Crippen LogP contribution in [0.25, 0.3) is 0 Å². The molecule has 146 valence electrons. The summed E-state index contributed by atoms with van der Waals surface area (Å²) in [6, 6.07) is 5.98. The number of nitrogens with zero attached hydrogens (tertiary/aromatic N) is 4. The molecule has 0 spiro atoms. The van der Waals surface area contributed by atoms with Gasteiger partial charge >= 0.3 is 6.18 Å². The number of thiocarbonyl (C=S) groups is 1. The van der Waals surface area contributed by atoms with Gasteiger partial charge in [0.1, 0.15) is 16.5 Å². The summed E-state index contributed by atoms with van der Waals surface area (Å²) in [4.78, 5) is 15.5. The number of halogens is 3. The molecule has 7 nitrogen and oxygen atoms in total. The number of aromatic nitrogens is 4. The fraction of sp³-hybridized carbons (Fsp3) is 0.188. The Balaban J connectivity index is 1.75. The molecule has 0 bridgehead atoms. The van der Waals surface area contributed by atoms with Gasteiger partial charge in [-0.3, -0.25) is 0 Å². The monoisotopic (exact) mass is 426 g/mol. The zero-order valence-corrected chi connectivity index (χ0v) is 16.0. The van der Waals surface area contributed by atoms with Gasteiger partial charge in [-0.05, 0) is 49.1 Å². The van der Waals surface area contributed by atoms with Crippen LogP contribution < -0.4 is 10.6 Å². The summed E-state index contributed by atoms with van der Waals surface area (Å²) in [5.74, 6) is 1.08. The van der Waals surface area contributed by atoms with Crippen LogP contribution >= 0.6 is 24.0 Å². The van der Waals surface area contributed by atoms with E-state index in [2.05, 4.69) is 30.6 Å². The highest BCUT2D eigenvalue weighted by Gasteiger charge is 2.34. The van der Waals surface area contributed by atoms with Crippen molar-refractivity contribution in [1.29, 1.82) is 0 Å². The van der Waals surface area contributed by atoms with Gasteiger partial charge in [0.15, 0.2) is 16.0 Å². The zero-order chi connectivity index (χ0) is 20.1. The second-order valence-electron chi connectivity index (χ2n) is 5.37. The normalized spacial score (nSPS) is 11.3. The number of anilines is 1. The van der Waals surface area contributed by atoms with Crippen LogP contribution in [0.2, 0.25) is 0 Å². The van der Waals surface area contributed by atoms with Gasteiger partial charge in [-0.25, -0.2) is 19.9 Å². The molecular formula is C16H13F3N6OS2. The molecule has 3 heterocycles. The summed E-state index contributed by atoms with van der Waals surface area (Å²) < 4.78 is 44.9. The van der Waals surface area contributed by atoms with Crippen LogP contribution in [0.15, 0.2) is 51.3 Å². The van der Waals surface area contributed by atoms with Gasteiger partial charge in [0, 0.05) is 18.5 Å². The average molecular weight is 426 g/mol. The first-order valence-corrected chi connectivity index (χ1v) is 9.03. The molecule has 0 atom stereocenters. The minimum Gasteiger partial charge on any atom is -0.465 e. The van der Waals surface area contributed by atoms with Crippen LogP contribution in [0.5, 0.6) is 0 Å². The molecule has 0 aromatic carbocycles. The lowest BCUT2D eigenvalue weighted by Crippen LogP contribution is -2.29. The molecule has 3 aromatic heterocycles. The van der Waals surface area contributed by atoms with Crippen molar-refractivity contribution in [3.8, 4) is 0 Å². The lowest BCUT2D eigenvalue weighted by atomic mass is 10.4. The smallest absolute Gasteiger partial charge is 0.433 e. The summed E-state index contributed by atoms with van der Waals surface area (Å²) in [5.41, 5.74) is -1.10. The Kier molecular flexibility index (Phi) is 6.09. The van der Waals surface area contributed by atoms with Crippen LogP contribution in [-0.2, 0) is 12.7 Å². The van der Waals surface area contributed by atoms with E-state index in [9.17, 15) is 13.2 Å². The van der Waals surface area contributed by atoms with E-state index in [0.29, 0.717) is 5.76 Å². The third-order valence-electron chi connectivity index (χ3n) is 3.18. The Labute approximate surface area is 167 Å². The third-order valence-corrected chi connectivity index (χ3v) is 4.23. The number of rotatable bonds is 5. The Morgan fingerprint density at radius 3 is 2.61 bits per heavy atom. The van der Waals surface area contributed by atoms with E-state index in [-0.39, 0.29) is 27.8 Å². The SMILES string of the molecule is Cc1ccc(CNC(=S)Nc2nc(Sc3ncccn3)cc(C(F)(F)F)n2)o1. The fourth-order valence-corrected chi connectivity index (χ4v) is 2.88. The van der Waals surface area contributed by atoms with Crippen molar-refractivity contribution >= 4 is 35.0 Å². The molecule has 0 amide bonds. The van der Waals surface area contributed by atoms with Gasteiger partial charge in [-0.15, -0.1) is 0 Å². The molecule has 0 aliphatic heterocycles. The summed E-state index contributed by atoms with van der Waals surface area (Å²) >= 11 is 5.98. The van der Waals surface area contributed by atoms with Crippen molar-refractivity contribution in [2.24, 2.45) is 0 Å². The largest absolute Gasteiger partial charge is 0.465 e. The zero-order valence-electron chi connectivity index (χ0n) is 14.3. The van der Waals surface area contributed by atoms with E-state index in [1.807, 2.05) is 0 Å². The molecular weight excluding hydrogens is 413 g/mol. The van der Waals surface area contributed by atoms with Crippen LogP contribution in [-0.4, -0.2) is 25.0 Å². The molecule has 3 rings (SSSR count). The van der Waals surface area contributed by atoms with E-state index in [1.54, 1.807) is 25.1 Å². The molecule has 0 aliphatic carbocycles. The van der Waals surface area contributed by atoms with Crippen LogP contribution in [0.1, 0.15) is 17.2 Å². The maximum Gasteiger partial charge on any atom is 0.433 e. The molecule has 0 fully saturated rings. The van der Waals surface area contributed by atoms with Gasteiger partial charge in [-0.1, -0.05) is 0 Å². The van der Waals surface area contributed by atoms with Crippen LogP contribution in [0.3, 0.4) is 0 Å². The standard InChI is InChI=1S/C16H13F3N6OS2/c1-9-3-4-10(26-9)8-22-14(27)25-13-23-11(16(17,18)19)7-12(24-13)28-15-20-5-2-6-21-15/h2-7H,8H2,1H3,(H2,22,23,24,25,27). The molecule has 28 heavy (non-hydrogen) atoms. The Morgan fingerprint density at radius 2 is 1.96 bits per heavy atom. The molecule has 2 N–H and O–H groups in total. The van der Waals surface area contributed by atoms with Crippen molar-refractivity contribution in [2.45, 2.75) is 29.8 Å². The summed E-state index contributed by atoms with van der Waals surface area (Å²) in [7, 11) is 0. The lowest BCUT2D eigenvalue weighted by Gasteiger charge is -2.12. The quantitative estimate of drug-likeness (QED) is 0.359. The van der Waals surface area contributed by atoms with Gasteiger partial charge in [0.25, 0.3) is 0 Å². The minimum absolute atomic E-state index is 0.0282. The van der Waals surface area contributed by atoms with Crippen LogP contribution in [0.4, 0.5) is 19.1 Å². The maximum absolute atomic E-state index is 13.2. The van der Waals surface area contributed by atoms with Gasteiger partial charge in [-0.2, -0.15) is 13.2 Å². The highest BCUT2D eigenvalue weighted by molar-refractivity contribution is 7.99. The molecule has 0 unspecified atom stereocenters. The summed E-state index contributed by atoms with van der Waals surface area (Å²) in [5, 5.41) is 5.72. The number of aryl methyl sites for hydroxylation is 1. The van der Waals surface area contributed by atoms with E-state index in [0.717, 1.165) is 23.6 Å². The number of alkyl halides is 3. The lowest BCUT2D eigenvalue weighted by molar-refractivity contribution is -0.141. The van der Waals surface area contributed by atoms with E-state index in [1.165, 1.54) is 12.4 Å². The molecule has 0 saturated heterocycles. The number of hydrogen-bond donors (Lipinski definition) is 2. The average Bonchev–Trinajstić information content (AvgIpc) is 3.05. The van der Waals surface area contributed by atoms with E-state index >= 15 is 0 Å². The second kappa shape index (κ2) is 8.52. The molecule has 12 heteroatoms. The predicted octanol–water partition coefficient (Wildman–Crippen LogP) is 3.82. The molecule has 0 saturated carbocycles. The first-order chi connectivity index (χ1) is 13.3. The van der Waals surface area contributed by atoms with Crippen molar-refractivity contribution in [3.05, 3.63) is 53.9 Å². The first kappa shape index (κ1) is 20.0. The number of nitrogens with one attached hydrogen (secondary N) is 2. The van der Waals surface area contributed by atoms with Crippen LogP contribution in [0, 0.1) is 6.92 Å². The van der Waals surface area contributed by atoms with Crippen molar-refractivity contribution in [3.63, 3.8) is 0 Å². The van der Waals surface area contributed by atoms with E-state index in [4.69, 9.17) is 16.6 Å². The topological polar surface area (TPSA) is 88.8 Å². The minimum atomic E-state index is -4.65. The van der Waals surface area contributed by atoms with Crippen molar-refractivity contribution in [1.82, 2.24) is 25.3 Å². The number of furan rings is 1. The molecule has 0 radical (unpaired) electrons. The highest BCUT2D eigenvalue weighted by atomic mass is 32.2. The Morgan fingerprint density at radius 1 is 1.21 bits per heavy atom. The fourth-order valence-electron chi connectivity index (χ4n) is 2.00. The second-order valence-corrected chi connectivity index (χ2v) is 6.76.